The van der Waals surface area contributed by atoms with Gasteiger partial charge in [0.05, 0.1) is 11.1 Å². The number of hydrogen-bond acceptors (Lipinski definition) is 3. The largest absolute Gasteiger partial charge is 0.478 e. The molecule has 20 heavy (non-hydrogen) atoms. The summed E-state index contributed by atoms with van der Waals surface area (Å²) in [5.74, 6) is -1.49. The van der Waals surface area contributed by atoms with Crippen molar-refractivity contribution in [3.8, 4) is 0 Å². The number of halogens is 1. The predicted molar refractivity (Wildman–Crippen MR) is 77.2 cm³/mol. The number of nitrogens with one attached hydrogen (secondary N) is 1. The van der Waals surface area contributed by atoms with Gasteiger partial charge in [-0.2, -0.15) is 0 Å². The van der Waals surface area contributed by atoms with Crippen LogP contribution in [0.5, 0.6) is 0 Å². The van der Waals surface area contributed by atoms with Crippen molar-refractivity contribution < 1.29 is 14.7 Å². The summed E-state index contributed by atoms with van der Waals surface area (Å²) in [5, 5.41) is 11.9. The molecule has 0 saturated heterocycles. The molecule has 2 aromatic rings. The molecule has 6 heteroatoms. The number of aromatic carboxylic acids is 1. The molecule has 0 spiro atoms. The topological polar surface area (TPSA) is 92.4 Å². The van der Waals surface area contributed by atoms with Crippen LogP contribution in [0.2, 0.25) is 5.02 Å². The van der Waals surface area contributed by atoms with Crippen LogP contribution in [0.1, 0.15) is 20.7 Å². The molecule has 0 bridgehead atoms. The molecule has 0 aliphatic rings. The zero-order chi connectivity index (χ0) is 14.7. The van der Waals surface area contributed by atoms with Crippen molar-refractivity contribution in [2.45, 2.75) is 0 Å². The number of carbonyl (C=O) groups excluding carboxylic acids is 1. The van der Waals surface area contributed by atoms with Crippen LogP contribution in [-0.4, -0.2) is 17.0 Å². The van der Waals surface area contributed by atoms with E-state index in [1.807, 2.05) is 0 Å². The number of nitrogens with two attached hydrogens (primary N) is 1. The number of amides is 1. The SMILES string of the molecule is Nc1cc(Cl)ccc1C(=O)Nc1cccc(C(=O)O)c1. The number of carboxylic acids is 1. The number of carboxylic acid groups (broad SMARTS) is 1. The van der Waals surface area contributed by atoms with Crippen LogP contribution in [-0.2, 0) is 0 Å². The average molecular weight is 291 g/mol. The molecule has 4 N–H and O–H groups in total. The predicted octanol–water partition coefficient (Wildman–Crippen LogP) is 2.87. The van der Waals surface area contributed by atoms with E-state index in [0.717, 1.165) is 0 Å². The lowest BCUT2D eigenvalue weighted by molar-refractivity contribution is 0.0696. The van der Waals surface area contributed by atoms with E-state index >= 15 is 0 Å². The number of anilines is 2. The molecule has 102 valence electrons. The molecular formula is C14H11ClN2O3. The quantitative estimate of drug-likeness (QED) is 0.758. The highest BCUT2D eigenvalue weighted by Gasteiger charge is 2.11. The van der Waals surface area contributed by atoms with Crippen molar-refractivity contribution in [3.05, 3.63) is 58.6 Å². The maximum atomic E-state index is 12.0. The zero-order valence-corrected chi connectivity index (χ0v) is 11.0. The van der Waals surface area contributed by atoms with Gasteiger partial charge in [-0.15, -0.1) is 0 Å². The summed E-state index contributed by atoms with van der Waals surface area (Å²) in [6.07, 6.45) is 0. The molecule has 0 aliphatic carbocycles. The Morgan fingerprint density at radius 2 is 1.90 bits per heavy atom. The minimum absolute atomic E-state index is 0.0897. The first kappa shape index (κ1) is 13.9. The van der Waals surface area contributed by atoms with Gasteiger partial charge in [0.25, 0.3) is 5.91 Å². The summed E-state index contributed by atoms with van der Waals surface area (Å²) in [5.41, 5.74) is 6.71. The molecule has 0 fully saturated rings. The summed E-state index contributed by atoms with van der Waals surface area (Å²) < 4.78 is 0. The van der Waals surface area contributed by atoms with E-state index < -0.39 is 11.9 Å². The Hall–Kier alpha value is -2.53. The van der Waals surface area contributed by atoms with Gasteiger partial charge in [0.15, 0.2) is 0 Å². The Kier molecular flexibility index (Phi) is 3.91. The second-order valence-corrected chi connectivity index (χ2v) is 4.51. The molecule has 2 aromatic carbocycles. The van der Waals surface area contributed by atoms with Crippen LogP contribution in [0, 0.1) is 0 Å². The van der Waals surface area contributed by atoms with Crippen LogP contribution < -0.4 is 11.1 Å². The van der Waals surface area contributed by atoms with Gasteiger partial charge in [-0.3, -0.25) is 4.79 Å². The highest BCUT2D eigenvalue weighted by molar-refractivity contribution is 6.31. The van der Waals surface area contributed by atoms with Crippen LogP contribution in [0.25, 0.3) is 0 Å². The van der Waals surface area contributed by atoms with Crippen LogP contribution >= 0.6 is 11.6 Å². The molecule has 0 heterocycles. The fourth-order valence-corrected chi connectivity index (χ4v) is 1.85. The maximum Gasteiger partial charge on any atom is 0.335 e. The first-order valence-electron chi connectivity index (χ1n) is 5.67. The molecule has 0 saturated carbocycles. The average Bonchev–Trinajstić information content (AvgIpc) is 2.38. The molecule has 2 rings (SSSR count). The fraction of sp³-hybridized carbons (Fsp3) is 0. The molecular weight excluding hydrogens is 280 g/mol. The summed E-state index contributed by atoms with van der Waals surface area (Å²) in [6, 6.07) is 10.5. The molecule has 5 nitrogen and oxygen atoms in total. The lowest BCUT2D eigenvalue weighted by Crippen LogP contribution is -2.14. The van der Waals surface area contributed by atoms with Crippen molar-refractivity contribution in [2.24, 2.45) is 0 Å². The molecule has 0 radical (unpaired) electrons. The summed E-state index contributed by atoms with van der Waals surface area (Å²) >= 11 is 5.76. The number of hydrogen-bond donors (Lipinski definition) is 3. The van der Waals surface area contributed by atoms with Gasteiger partial charge in [0.1, 0.15) is 0 Å². The molecule has 0 aromatic heterocycles. The second kappa shape index (κ2) is 5.63. The normalized spacial score (nSPS) is 10.1. The molecule has 0 unspecified atom stereocenters. The Labute approximate surface area is 120 Å². The summed E-state index contributed by atoms with van der Waals surface area (Å²) in [4.78, 5) is 22.9. The van der Waals surface area contributed by atoms with E-state index in [1.165, 1.54) is 24.3 Å². The van der Waals surface area contributed by atoms with E-state index in [0.29, 0.717) is 10.7 Å². The van der Waals surface area contributed by atoms with Gasteiger partial charge in [-0.25, -0.2) is 4.79 Å². The van der Waals surface area contributed by atoms with Gasteiger partial charge < -0.3 is 16.2 Å². The lowest BCUT2D eigenvalue weighted by Gasteiger charge is -2.08. The third kappa shape index (κ3) is 3.07. The first-order chi connectivity index (χ1) is 9.47. The zero-order valence-electron chi connectivity index (χ0n) is 10.3. The smallest absolute Gasteiger partial charge is 0.335 e. The van der Waals surface area contributed by atoms with E-state index in [4.69, 9.17) is 22.4 Å². The van der Waals surface area contributed by atoms with E-state index in [2.05, 4.69) is 5.32 Å². The number of rotatable bonds is 3. The van der Waals surface area contributed by atoms with Crippen molar-refractivity contribution in [2.75, 3.05) is 11.1 Å². The van der Waals surface area contributed by atoms with Gasteiger partial charge >= 0.3 is 5.97 Å². The molecule has 0 atom stereocenters. The van der Waals surface area contributed by atoms with Gasteiger partial charge in [-0.1, -0.05) is 17.7 Å². The van der Waals surface area contributed by atoms with Crippen LogP contribution in [0.3, 0.4) is 0 Å². The van der Waals surface area contributed by atoms with Crippen molar-refractivity contribution in [1.29, 1.82) is 0 Å². The Balaban J connectivity index is 2.23. The standard InChI is InChI=1S/C14H11ClN2O3/c15-9-4-5-11(12(16)7-9)13(18)17-10-3-1-2-8(6-10)14(19)20/h1-7H,16H2,(H,17,18)(H,19,20). The third-order valence-electron chi connectivity index (χ3n) is 2.63. The highest BCUT2D eigenvalue weighted by atomic mass is 35.5. The Bertz CT molecular complexity index is 686. The Morgan fingerprint density at radius 1 is 1.15 bits per heavy atom. The third-order valence-corrected chi connectivity index (χ3v) is 2.86. The van der Waals surface area contributed by atoms with Crippen LogP contribution in [0.4, 0.5) is 11.4 Å². The number of nitrogen functional groups attached to an aromatic ring is 1. The maximum absolute atomic E-state index is 12.0. The van der Waals surface area contributed by atoms with E-state index in [1.54, 1.807) is 18.2 Å². The van der Waals surface area contributed by atoms with Gasteiger partial charge in [0, 0.05) is 16.4 Å². The molecule has 0 aliphatic heterocycles. The van der Waals surface area contributed by atoms with Crippen molar-refractivity contribution >= 4 is 34.9 Å². The van der Waals surface area contributed by atoms with Gasteiger partial charge in [0.2, 0.25) is 0 Å². The van der Waals surface area contributed by atoms with Crippen LogP contribution in [0.15, 0.2) is 42.5 Å². The van der Waals surface area contributed by atoms with E-state index in [9.17, 15) is 9.59 Å². The van der Waals surface area contributed by atoms with Crippen molar-refractivity contribution in [1.82, 2.24) is 0 Å². The molecule has 1 amide bonds. The number of carbonyl (C=O) groups is 2. The van der Waals surface area contributed by atoms with Gasteiger partial charge in [-0.05, 0) is 36.4 Å². The lowest BCUT2D eigenvalue weighted by atomic mass is 10.1. The van der Waals surface area contributed by atoms with E-state index in [-0.39, 0.29) is 16.8 Å². The van der Waals surface area contributed by atoms with Crippen molar-refractivity contribution in [3.63, 3.8) is 0 Å². The summed E-state index contributed by atoms with van der Waals surface area (Å²) in [7, 11) is 0. The minimum Gasteiger partial charge on any atom is -0.478 e. The Morgan fingerprint density at radius 3 is 2.55 bits per heavy atom. The highest BCUT2D eigenvalue weighted by Crippen LogP contribution is 2.20. The second-order valence-electron chi connectivity index (χ2n) is 4.07. The monoisotopic (exact) mass is 290 g/mol. The number of benzene rings is 2. The first-order valence-corrected chi connectivity index (χ1v) is 6.05. The summed E-state index contributed by atoms with van der Waals surface area (Å²) in [6.45, 7) is 0. The minimum atomic E-state index is -1.06. The fourth-order valence-electron chi connectivity index (χ4n) is 1.67.